The van der Waals surface area contributed by atoms with Crippen molar-refractivity contribution < 1.29 is 23.9 Å². The van der Waals surface area contributed by atoms with Gasteiger partial charge in [0.05, 0.1) is 27.2 Å². The van der Waals surface area contributed by atoms with Crippen molar-refractivity contribution >= 4 is 58.1 Å². The molecule has 0 spiro atoms. The van der Waals surface area contributed by atoms with Gasteiger partial charge < -0.3 is 15.0 Å². The van der Waals surface area contributed by atoms with Crippen LogP contribution in [0.25, 0.3) is 0 Å². The number of anilines is 2. The number of ketones is 1. The van der Waals surface area contributed by atoms with Crippen LogP contribution >= 0.6 is 23.2 Å². The molecule has 0 radical (unpaired) electrons. The summed E-state index contributed by atoms with van der Waals surface area (Å²) in [4.78, 5) is 51.0. The standard InChI is InChI=1S/C26H20Cl2N2O5/c27-20-7-4-8-21(24(20)28)30-14-18(13-23(30)32)25(33)29-19-11-9-17(10-12-19)26(34)35-15-22(31)16-5-2-1-3-6-16/h1-12,18H,13-15H2,(H,29,33)/t18-/m0/s1. The molecule has 1 aliphatic heterocycles. The van der Waals surface area contributed by atoms with Crippen molar-refractivity contribution in [3.63, 3.8) is 0 Å². The van der Waals surface area contributed by atoms with Gasteiger partial charge in [-0.1, -0.05) is 59.6 Å². The molecule has 3 aromatic rings. The Hall–Kier alpha value is -3.68. The molecule has 1 fully saturated rings. The molecule has 7 nitrogen and oxygen atoms in total. The van der Waals surface area contributed by atoms with Crippen molar-refractivity contribution in [2.45, 2.75) is 6.42 Å². The molecular weight excluding hydrogens is 491 g/mol. The number of hydrogen-bond acceptors (Lipinski definition) is 5. The highest BCUT2D eigenvalue weighted by Crippen LogP contribution is 2.35. The van der Waals surface area contributed by atoms with Gasteiger partial charge in [0.1, 0.15) is 0 Å². The van der Waals surface area contributed by atoms with E-state index >= 15 is 0 Å². The summed E-state index contributed by atoms with van der Waals surface area (Å²) in [5.74, 6) is -2.09. The molecule has 1 N–H and O–H groups in total. The molecule has 1 saturated heterocycles. The number of ether oxygens (including phenoxy) is 1. The summed E-state index contributed by atoms with van der Waals surface area (Å²) in [5, 5.41) is 3.34. The minimum atomic E-state index is -0.650. The zero-order chi connectivity index (χ0) is 24.9. The van der Waals surface area contributed by atoms with Crippen LogP contribution in [-0.4, -0.2) is 36.7 Å². The van der Waals surface area contributed by atoms with Crippen LogP contribution in [0, 0.1) is 5.92 Å². The van der Waals surface area contributed by atoms with Gasteiger partial charge >= 0.3 is 5.97 Å². The second kappa shape index (κ2) is 10.7. The first kappa shape index (κ1) is 24.4. The Balaban J connectivity index is 1.32. The third-order valence-electron chi connectivity index (χ3n) is 5.54. The lowest BCUT2D eigenvalue weighted by atomic mass is 10.1. The van der Waals surface area contributed by atoms with E-state index in [-0.39, 0.29) is 47.8 Å². The number of benzene rings is 3. The first-order valence-corrected chi connectivity index (χ1v) is 11.5. The summed E-state index contributed by atoms with van der Waals surface area (Å²) in [6.45, 7) is -0.200. The number of hydrogen-bond donors (Lipinski definition) is 1. The molecule has 0 bridgehead atoms. The number of Topliss-reactive ketones (excluding diaryl/α,β-unsaturated/α-hetero) is 1. The van der Waals surface area contributed by atoms with E-state index in [2.05, 4.69) is 5.32 Å². The van der Waals surface area contributed by atoms with E-state index in [1.165, 1.54) is 17.0 Å². The maximum atomic E-state index is 12.7. The van der Waals surface area contributed by atoms with Crippen LogP contribution in [0.1, 0.15) is 27.1 Å². The van der Waals surface area contributed by atoms with E-state index in [0.717, 1.165) is 0 Å². The van der Waals surface area contributed by atoms with Crippen LogP contribution in [0.3, 0.4) is 0 Å². The summed E-state index contributed by atoms with van der Waals surface area (Å²) in [7, 11) is 0. The Morgan fingerprint density at radius 3 is 2.34 bits per heavy atom. The Bertz CT molecular complexity index is 1280. The second-order valence-electron chi connectivity index (χ2n) is 7.91. The molecule has 9 heteroatoms. The van der Waals surface area contributed by atoms with Crippen LogP contribution in [0.15, 0.2) is 72.8 Å². The van der Waals surface area contributed by atoms with Gasteiger partial charge in [-0.05, 0) is 36.4 Å². The van der Waals surface area contributed by atoms with Crippen molar-refractivity contribution in [2.75, 3.05) is 23.4 Å². The van der Waals surface area contributed by atoms with Crippen LogP contribution in [0.4, 0.5) is 11.4 Å². The molecule has 1 heterocycles. The third-order valence-corrected chi connectivity index (χ3v) is 6.35. The van der Waals surface area contributed by atoms with Gasteiger partial charge in [0, 0.05) is 24.2 Å². The van der Waals surface area contributed by atoms with Gasteiger partial charge in [0.25, 0.3) is 0 Å². The highest BCUT2D eigenvalue weighted by atomic mass is 35.5. The lowest BCUT2D eigenvalue weighted by Crippen LogP contribution is -2.28. The number of nitrogens with zero attached hydrogens (tertiary/aromatic N) is 1. The normalized spacial score (nSPS) is 15.1. The summed E-state index contributed by atoms with van der Waals surface area (Å²) in [6.07, 6.45) is 0.0362. The van der Waals surface area contributed by atoms with Gasteiger partial charge in [-0.2, -0.15) is 0 Å². The molecule has 4 rings (SSSR count). The fourth-order valence-corrected chi connectivity index (χ4v) is 4.07. The highest BCUT2D eigenvalue weighted by molar-refractivity contribution is 6.44. The first-order chi connectivity index (χ1) is 16.8. The summed E-state index contributed by atoms with van der Waals surface area (Å²) in [5.41, 5.74) is 1.62. The molecule has 1 aliphatic rings. The third kappa shape index (κ3) is 5.70. The largest absolute Gasteiger partial charge is 0.454 e. The molecule has 0 unspecified atom stereocenters. The zero-order valence-corrected chi connectivity index (χ0v) is 19.9. The minimum absolute atomic E-state index is 0.0362. The first-order valence-electron chi connectivity index (χ1n) is 10.7. The number of halogens is 2. The van der Waals surface area contributed by atoms with Crippen molar-refractivity contribution in [1.82, 2.24) is 0 Å². The van der Waals surface area contributed by atoms with Crippen LogP contribution in [0.5, 0.6) is 0 Å². The fraction of sp³-hybridized carbons (Fsp3) is 0.154. The maximum Gasteiger partial charge on any atom is 0.338 e. The number of carbonyl (C=O) groups is 4. The van der Waals surface area contributed by atoms with Crippen LogP contribution < -0.4 is 10.2 Å². The van der Waals surface area contributed by atoms with Gasteiger partial charge in [-0.15, -0.1) is 0 Å². The van der Waals surface area contributed by atoms with E-state index in [1.54, 1.807) is 60.7 Å². The molecule has 0 aromatic heterocycles. The number of carbonyl (C=O) groups excluding carboxylic acids is 4. The maximum absolute atomic E-state index is 12.7. The van der Waals surface area contributed by atoms with E-state index < -0.39 is 11.9 Å². The lowest BCUT2D eigenvalue weighted by molar-refractivity contribution is -0.122. The summed E-state index contributed by atoms with van der Waals surface area (Å²) < 4.78 is 5.09. The van der Waals surface area contributed by atoms with Crippen molar-refractivity contribution in [2.24, 2.45) is 5.92 Å². The molecule has 0 saturated carbocycles. The lowest BCUT2D eigenvalue weighted by Gasteiger charge is -2.18. The van der Waals surface area contributed by atoms with E-state index in [0.29, 0.717) is 22.0 Å². The summed E-state index contributed by atoms with van der Waals surface area (Å²) >= 11 is 12.3. The highest BCUT2D eigenvalue weighted by Gasteiger charge is 2.36. The average molecular weight is 511 g/mol. The van der Waals surface area contributed by atoms with Gasteiger partial charge in [0.15, 0.2) is 12.4 Å². The van der Waals surface area contributed by atoms with Crippen molar-refractivity contribution in [3.8, 4) is 0 Å². The molecule has 35 heavy (non-hydrogen) atoms. The smallest absolute Gasteiger partial charge is 0.338 e. The fourth-order valence-electron chi connectivity index (χ4n) is 3.67. The van der Waals surface area contributed by atoms with E-state index in [1.807, 2.05) is 0 Å². The van der Waals surface area contributed by atoms with E-state index in [9.17, 15) is 19.2 Å². The van der Waals surface area contributed by atoms with E-state index in [4.69, 9.17) is 27.9 Å². The van der Waals surface area contributed by atoms with Gasteiger partial charge in [-0.25, -0.2) is 4.79 Å². The Labute approximate surface area is 211 Å². The monoisotopic (exact) mass is 510 g/mol. The molecule has 3 aromatic carbocycles. The Morgan fingerprint density at radius 1 is 0.914 bits per heavy atom. The Kier molecular flexibility index (Phi) is 7.48. The predicted molar refractivity (Wildman–Crippen MR) is 133 cm³/mol. The number of esters is 1. The summed E-state index contributed by atoms with van der Waals surface area (Å²) in [6, 6.07) is 19.6. The average Bonchev–Trinajstić information content (AvgIpc) is 3.26. The molecule has 1 atom stereocenters. The predicted octanol–water partition coefficient (Wildman–Crippen LogP) is 5.02. The second-order valence-corrected chi connectivity index (χ2v) is 8.70. The van der Waals surface area contributed by atoms with Crippen molar-refractivity contribution in [3.05, 3.63) is 94.0 Å². The quantitative estimate of drug-likeness (QED) is 0.355. The molecule has 2 amide bonds. The SMILES string of the molecule is O=C(COC(=O)c1ccc(NC(=O)[C@H]2CC(=O)N(c3cccc(Cl)c3Cl)C2)cc1)c1ccccc1. The van der Waals surface area contributed by atoms with Crippen LogP contribution in [0.2, 0.25) is 10.0 Å². The van der Waals surface area contributed by atoms with Crippen LogP contribution in [-0.2, 0) is 14.3 Å². The number of amides is 2. The number of rotatable bonds is 7. The zero-order valence-electron chi connectivity index (χ0n) is 18.4. The molecule has 178 valence electrons. The number of nitrogens with one attached hydrogen (secondary N) is 1. The molecule has 0 aliphatic carbocycles. The Morgan fingerprint density at radius 2 is 1.63 bits per heavy atom. The van der Waals surface area contributed by atoms with Crippen molar-refractivity contribution in [1.29, 1.82) is 0 Å². The topological polar surface area (TPSA) is 92.8 Å². The van der Waals surface area contributed by atoms with Gasteiger partial charge in [0.2, 0.25) is 11.8 Å². The molecular formula is C26H20Cl2N2O5. The minimum Gasteiger partial charge on any atom is -0.454 e. The van der Waals surface area contributed by atoms with Gasteiger partial charge in [-0.3, -0.25) is 14.4 Å².